The number of rotatable bonds is 4. The first-order valence-electron chi connectivity index (χ1n) is 23.3. The molecule has 10 aromatic rings. The molecule has 66 heavy (non-hydrogen) atoms. The lowest BCUT2D eigenvalue weighted by Crippen LogP contribution is -1.95. The van der Waals surface area contributed by atoms with Crippen molar-refractivity contribution in [1.29, 1.82) is 0 Å². The third-order valence-corrected chi connectivity index (χ3v) is 15.5. The second-order valence-corrected chi connectivity index (χ2v) is 19.1. The van der Waals surface area contributed by atoms with Crippen molar-refractivity contribution in [2.45, 2.75) is 25.7 Å². The largest absolute Gasteiger partial charge is 0.289 e. The van der Waals surface area contributed by atoms with Crippen molar-refractivity contribution in [3.63, 3.8) is 0 Å². The number of hydrogen-bond donors (Lipinski definition) is 0. The Balaban J connectivity index is 0.659. The quantitative estimate of drug-likeness (QED) is 0.173. The molecule has 0 aromatic heterocycles. The maximum Gasteiger partial charge on any atom is 0.194 e. The molecule has 0 heterocycles. The van der Waals surface area contributed by atoms with Gasteiger partial charge < -0.3 is 0 Å². The van der Waals surface area contributed by atoms with Crippen LogP contribution in [0.1, 0.15) is 60.4 Å². The summed E-state index contributed by atoms with van der Waals surface area (Å²) in [5.74, 6) is 0.123. The summed E-state index contributed by atoms with van der Waals surface area (Å²) in [5, 5.41) is 0. The molecular formula is C65H40O. The summed E-state index contributed by atoms with van der Waals surface area (Å²) in [6.45, 7) is 0. The Morgan fingerprint density at radius 1 is 0.197 bits per heavy atom. The molecule has 0 unspecified atom stereocenters. The van der Waals surface area contributed by atoms with Crippen molar-refractivity contribution in [3.05, 3.63) is 250 Å². The highest BCUT2D eigenvalue weighted by molar-refractivity contribution is 6.22. The van der Waals surface area contributed by atoms with Gasteiger partial charge in [0.2, 0.25) is 0 Å². The summed E-state index contributed by atoms with van der Waals surface area (Å²) >= 11 is 0. The van der Waals surface area contributed by atoms with E-state index in [0.717, 1.165) is 59.1 Å². The Hall–Kier alpha value is -8.13. The molecule has 0 bridgehead atoms. The van der Waals surface area contributed by atoms with Gasteiger partial charge in [0.05, 0.1) is 0 Å². The van der Waals surface area contributed by atoms with Crippen molar-refractivity contribution in [2.24, 2.45) is 0 Å². The highest BCUT2D eigenvalue weighted by Gasteiger charge is 2.28. The molecule has 15 rings (SSSR count). The number of benzene rings is 10. The van der Waals surface area contributed by atoms with Crippen LogP contribution < -0.4 is 0 Å². The second kappa shape index (κ2) is 13.5. The Morgan fingerprint density at radius 2 is 0.439 bits per heavy atom. The van der Waals surface area contributed by atoms with E-state index in [1.165, 1.54) is 122 Å². The predicted octanol–water partition coefficient (Wildman–Crippen LogP) is 15.9. The second-order valence-electron chi connectivity index (χ2n) is 19.1. The first-order chi connectivity index (χ1) is 32.5. The normalized spacial score (nSPS) is 13.5. The van der Waals surface area contributed by atoms with Crippen molar-refractivity contribution < 1.29 is 4.79 Å². The molecule has 0 amide bonds. The molecule has 0 atom stereocenters. The maximum atomic E-state index is 13.3. The van der Waals surface area contributed by atoms with Crippen LogP contribution in [0.5, 0.6) is 0 Å². The zero-order valence-electron chi connectivity index (χ0n) is 36.2. The van der Waals surface area contributed by atoms with Crippen LogP contribution in [0.2, 0.25) is 0 Å². The number of fused-ring (bicyclic) bond motifs is 15. The molecular weight excluding hydrogens is 797 g/mol. The van der Waals surface area contributed by atoms with Gasteiger partial charge in [-0.05, 0) is 176 Å². The molecule has 1 nitrogen and oxygen atoms in total. The molecule has 0 radical (unpaired) electrons. The van der Waals surface area contributed by atoms with Gasteiger partial charge >= 0.3 is 0 Å². The van der Waals surface area contributed by atoms with Gasteiger partial charge in [-0.1, -0.05) is 188 Å². The smallest absolute Gasteiger partial charge is 0.194 e. The lowest BCUT2D eigenvalue weighted by molar-refractivity contribution is 0.104. The van der Waals surface area contributed by atoms with E-state index in [9.17, 15) is 4.79 Å². The van der Waals surface area contributed by atoms with Crippen molar-refractivity contribution >= 4 is 5.78 Å². The summed E-state index contributed by atoms with van der Waals surface area (Å²) in [6.07, 6.45) is 3.83. The minimum atomic E-state index is 0.123. The van der Waals surface area contributed by atoms with E-state index in [4.69, 9.17) is 0 Å². The van der Waals surface area contributed by atoms with Crippen LogP contribution >= 0.6 is 0 Å². The highest BCUT2D eigenvalue weighted by atomic mass is 16.1. The Morgan fingerprint density at radius 3 is 0.803 bits per heavy atom. The SMILES string of the molecule is O=C1c2ccccc2-c2ccc(-c3ccc4c(c3)Cc3cc(-c5ccc6c(c5)Cc5cc(-c7ccc8c(c7)Cc7cc(-c9ccc%10c(c9)Cc9ccccc9-%10)ccc7-8)ccc5-6)ccc3-4)cc21. The molecule has 0 N–H and O–H groups in total. The third kappa shape index (κ3) is 5.32. The summed E-state index contributed by atoms with van der Waals surface area (Å²) < 4.78 is 0. The standard InChI is InChI=1S/C65H40O/c66-65-63-8-4-3-7-61(63)62-24-16-44(36-64(62)65)43-15-23-60-52(31-43)35-51-30-42(14-22-59(51)60)41-13-21-58-50(29-41)34-49-28-40(12-20-57(49)58)39-11-19-56-48(27-39)33-47-26-38(10-18-55(47)56)37-9-17-54-46(25-37)32-45-5-1-2-6-53(45)54/h1-31,36H,32-35H2. The summed E-state index contributed by atoms with van der Waals surface area (Å²) in [4.78, 5) is 13.3. The van der Waals surface area contributed by atoms with E-state index < -0.39 is 0 Å². The summed E-state index contributed by atoms with van der Waals surface area (Å²) in [5.41, 5.74) is 35.7. The number of ketones is 1. The molecule has 0 aliphatic heterocycles. The molecule has 0 saturated heterocycles. The number of carbonyl (C=O) groups excluding carboxylic acids is 1. The topological polar surface area (TPSA) is 17.1 Å². The highest BCUT2D eigenvalue weighted by Crippen LogP contribution is 2.47. The van der Waals surface area contributed by atoms with Crippen molar-refractivity contribution in [3.8, 4) is 100 Å². The van der Waals surface area contributed by atoms with Gasteiger partial charge in [-0.25, -0.2) is 0 Å². The molecule has 10 aromatic carbocycles. The molecule has 0 saturated carbocycles. The van der Waals surface area contributed by atoms with E-state index >= 15 is 0 Å². The van der Waals surface area contributed by atoms with Crippen molar-refractivity contribution in [2.75, 3.05) is 0 Å². The lowest BCUT2D eigenvalue weighted by atomic mass is 9.95. The average molecular weight is 837 g/mol. The molecule has 0 spiro atoms. The predicted molar refractivity (Wildman–Crippen MR) is 270 cm³/mol. The maximum absolute atomic E-state index is 13.3. The number of hydrogen-bond acceptors (Lipinski definition) is 1. The van der Waals surface area contributed by atoms with E-state index in [0.29, 0.717) is 0 Å². The first kappa shape index (κ1) is 36.2. The fourth-order valence-electron chi connectivity index (χ4n) is 12.2. The molecule has 5 aliphatic carbocycles. The van der Waals surface area contributed by atoms with Gasteiger partial charge in [0.25, 0.3) is 0 Å². The van der Waals surface area contributed by atoms with Crippen LogP contribution in [0.4, 0.5) is 0 Å². The minimum Gasteiger partial charge on any atom is -0.289 e. The zero-order chi connectivity index (χ0) is 43.2. The first-order valence-corrected chi connectivity index (χ1v) is 23.3. The molecule has 306 valence electrons. The summed E-state index contributed by atoms with van der Waals surface area (Å²) in [6, 6.07) is 72.4. The lowest BCUT2D eigenvalue weighted by Gasteiger charge is -2.09. The Kier molecular flexibility index (Phi) is 7.39. The average Bonchev–Trinajstić information content (AvgIpc) is 4.18. The number of carbonyl (C=O) groups is 1. The van der Waals surface area contributed by atoms with Gasteiger partial charge in [-0.3, -0.25) is 4.79 Å². The van der Waals surface area contributed by atoms with Gasteiger partial charge in [-0.2, -0.15) is 0 Å². The molecule has 1 heteroatoms. The van der Waals surface area contributed by atoms with Crippen LogP contribution in [0.25, 0.3) is 100 Å². The van der Waals surface area contributed by atoms with Crippen LogP contribution in [-0.2, 0) is 25.7 Å². The van der Waals surface area contributed by atoms with Gasteiger partial charge in [0, 0.05) is 11.1 Å². The van der Waals surface area contributed by atoms with E-state index in [1.54, 1.807) is 0 Å². The Labute approximate surface area is 384 Å². The van der Waals surface area contributed by atoms with Gasteiger partial charge in [0.15, 0.2) is 5.78 Å². The molecule has 0 fully saturated rings. The Bertz CT molecular complexity index is 3840. The van der Waals surface area contributed by atoms with E-state index in [-0.39, 0.29) is 5.78 Å². The van der Waals surface area contributed by atoms with Crippen LogP contribution in [0.15, 0.2) is 194 Å². The minimum absolute atomic E-state index is 0.123. The zero-order valence-corrected chi connectivity index (χ0v) is 36.2. The fourth-order valence-corrected chi connectivity index (χ4v) is 12.2. The van der Waals surface area contributed by atoms with Crippen LogP contribution in [0.3, 0.4) is 0 Å². The summed E-state index contributed by atoms with van der Waals surface area (Å²) in [7, 11) is 0. The van der Waals surface area contributed by atoms with Crippen molar-refractivity contribution in [1.82, 2.24) is 0 Å². The molecule has 5 aliphatic rings. The fraction of sp³-hybridized carbons (Fsp3) is 0.0615. The van der Waals surface area contributed by atoms with Crippen LogP contribution in [-0.4, -0.2) is 5.78 Å². The van der Waals surface area contributed by atoms with Gasteiger partial charge in [-0.15, -0.1) is 0 Å². The monoisotopic (exact) mass is 836 g/mol. The third-order valence-electron chi connectivity index (χ3n) is 15.5. The van der Waals surface area contributed by atoms with Gasteiger partial charge in [0.1, 0.15) is 0 Å². The van der Waals surface area contributed by atoms with E-state index in [2.05, 4.69) is 176 Å². The van der Waals surface area contributed by atoms with E-state index in [1.807, 2.05) is 18.2 Å². The van der Waals surface area contributed by atoms with Crippen LogP contribution in [0, 0.1) is 0 Å².